The van der Waals surface area contributed by atoms with Gasteiger partial charge in [-0.2, -0.15) is 5.26 Å². The maximum atomic E-state index is 13.7. The van der Waals surface area contributed by atoms with E-state index >= 15 is 0 Å². The van der Waals surface area contributed by atoms with Gasteiger partial charge in [-0.05, 0) is 51.8 Å². The molecule has 1 fully saturated rings. The van der Waals surface area contributed by atoms with Gasteiger partial charge in [0.05, 0.1) is 17.7 Å². The molecular weight excluding hydrogens is 404 g/mol. The van der Waals surface area contributed by atoms with Gasteiger partial charge in [0.1, 0.15) is 5.60 Å². The Bertz CT molecular complexity index is 928. The van der Waals surface area contributed by atoms with Crippen LogP contribution in [0.2, 0.25) is 0 Å². The van der Waals surface area contributed by atoms with Gasteiger partial charge in [0.15, 0.2) is 0 Å². The van der Waals surface area contributed by atoms with E-state index in [-0.39, 0.29) is 29.5 Å². The van der Waals surface area contributed by atoms with Crippen molar-refractivity contribution in [2.45, 2.75) is 78.0 Å². The lowest BCUT2D eigenvalue weighted by Crippen LogP contribution is -2.60. The number of ether oxygens (including phenoxy) is 1. The summed E-state index contributed by atoms with van der Waals surface area (Å²) in [5.41, 5.74) is 1.81. The lowest BCUT2D eigenvalue weighted by Gasteiger charge is -2.43. The van der Waals surface area contributed by atoms with E-state index in [1.54, 1.807) is 4.90 Å². The highest BCUT2D eigenvalue weighted by atomic mass is 16.6. The molecule has 2 aliphatic rings. The molecule has 174 valence electrons. The van der Waals surface area contributed by atoms with Crippen LogP contribution in [0.4, 0.5) is 10.5 Å². The summed E-state index contributed by atoms with van der Waals surface area (Å²) in [7, 11) is 0. The highest BCUT2D eigenvalue weighted by Gasteiger charge is 2.42. The zero-order chi connectivity index (χ0) is 23.8. The first kappa shape index (κ1) is 24.1. The molecule has 1 saturated heterocycles. The third-order valence-corrected chi connectivity index (χ3v) is 6.37. The molecule has 0 bridgehead atoms. The summed E-state index contributed by atoms with van der Waals surface area (Å²) in [4.78, 5) is 32.1. The fourth-order valence-corrected chi connectivity index (χ4v) is 4.79. The number of nitriles is 1. The van der Waals surface area contributed by atoms with Crippen molar-refractivity contribution in [2.24, 2.45) is 0 Å². The van der Waals surface area contributed by atoms with E-state index in [2.05, 4.69) is 24.8 Å². The first-order chi connectivity index (χ1) is 14.9. The molecule has 1 aromatic rings. The van der Waals surface area contributed by atoms with Crippen molar-refractivity contribution < 1.29 is 14.3 Å². The van der Waals surface area contributed by atoms with Gasteiger partial charge in [0.2, 0.25) is 5.91 Å². The Labute approximate surface area is 191 Å². The van der Waals surface area contributed by atoms with Crippen LogP contribution >= 0.6 is 0 Å². The van der Waals surface area contributed by atoms with Crippen LogP contribution in [0.25, 0.3) is 0 Å². The van der Waals surface area contributed by atoms with Crippen LogP contribution in [0.15, 0.2) is 18.2 Å². The molecule has 0 aromatic heterocycles. The molecule has 1 aromatic carbocycles. The van der Waals surface area contributed by atoms with Gasteiger partial charge in [-0.1, -0.05) is 26.8 Å². The molecule has 0 N–H and O–H groups in total. The van der Waals surface area contributed by atoms with Crippen LogP contribution in [-0.4, -0.2) is 65.7 Å². The van der Waals surface area contributed by atoms with Crippen LogP contribution in [0, 0.1) is 11.3 Å². The van der Waals surface area contributed by atoms with E-state index in [4.69, 9.17) is 4.74 Å². The summed E-state index contributed by atoms with van der Waals surface area (Å²) in [6.45, 7) is 16.3. The van der Waals surface area contributed by atoms with E-state index in [0.29, 0.717) is 38.2 Å². The molecule has 2 aliphatic heterocycles. The Morgan fingerprint density at radius 3 is 2.53 bits per heavy atom. The fourth-order valence-electron chi connectivity index (χ4n) is 4.79. The quantitative estimate of drug-likeness (QED) is 0.712. The second-order valence-corrected chi connectivity index (χ2v) is 10.6. The van der Waals surface area contributed by atoms with E-state index < -0.39 is 5.60 Å². The van der Waals surface area contributed by atoms with Gasteiger partial charge in [0.25, 0.3) is 0 Å². The van der Waals surface area contributed by atoms with Gasteiger partial charge in [0, 0.05) is 43.3 Å². The normalized spacial score (nSPS) is 21.6. The van der Waals surface area contributed by atoms with E-state index in [0.717, 1.165) is 11.3 Å². The molecule has 0 spiro atoms. The minimum atomic E-state index is -0.534. The van der Waals surface area contributed by atoms with Gasteiger partial charge in [-0.15, -0.1) is 0 Å². The molecule has 32 heavy (non-hydrogen) atoms. The van der Waals surface area contributed by atoms with Gasteiger partial charge >= 0.3 is 6.09 Å². The Kier molecular flexibility index (Phi) is 6.57. The number of carbonyl (C=O) groups excluding carboxylic acids is 2. The lowest BCUT2D eigenvalue weighted by molar-refractivity contribution is -0.125. The van der Waals surface area contributed by atoms with E-state index in [9.17, 15) is 14.9 Å². The minimum Gasteiger partial charge on any atom is -0.444 e. The molecule has 0 radical (unpaired) electrons. The topological polar surface area (TPSA) is 76.9 Å². The number of benzene rings is 1. The lowest BCUT2D eigenvalue weighted by atomic mass is 9.86. The molecule has 0 saturated carbocycles. The molecule has 7 nitrogen and oxygen atoms in total. The largest absolute Gasteiger partial charge is 0.444 e. The van der Waals surface area contributed by atoms with Gasteiger partial charge in [-0.3, -0.25) is 9.69 Å². The Morgan fingerprint density at radius 2 is 1.97 bits per heavy atom. The van der Waals surface area contributed by atoms with Crippen LogP contribution in [-0.2, 0) is 14.9 Å². The number of amides is 2. The molecule has 0 unspecified atom stereocenters. The smallest absolute Gasteiger partial charge is 0.410 e. The summed E-state index contributed by atoms with van der Waals surface area (Å²) >= 11 is 0. The van der Waals surface area contributed by atoms with Gasteiger partial charge < -0.3 is 14.5 Å². The summed E-state index contributed by atoms with van der Waals surface area (Å²) < 4.78 is 5.55. The van der Waals surface area contributed by atoms with E-state index in [1.807, 2.05) is 57.7 Å². The summed E-state index contributed by atoms with van der Waals surface area (Å²) in [6, 6.07) is 7.50. The van der Waals surface area contributed by atoms with Crippen molar-refractivity contribution in [1.29, 1.82) is 5.26 Å². The Morgan fingerprint density at radius 1 is 1.28 bits per heavy atom. The number of piperazine rings is 1. The first-order valence-corrected chi connectivity index (χ1v) is 11.5. The monoisotopic (exact) mass is 440 g/mol. The molecule has 2 amide bonds. The van der Waals surface area contributed by atoms with Crippen LogP contribution in [0.1, 0.15) is 66.0 Å². The van der Waals surface area contributed by atoms with Crippen molar-refractivity contribution in [2.75, 3.05) is 31.1 Å². The Hall–Kier alpha value is -2.59. The van der Waals surface area contributed by atoms with Crippen molar-refractivity contribution in [3.8, 4) is 6.07 Å². The summed E-state index contributed by atoms with van der Waals surface area (Å²) in [5.74, 6) is 0.0623. The number of nitrogens with zero attached hydrogens (tertiary/aromatic N) is 4. The summed E-state index contributed by atoms with van der Waals surface area (Å²) in [5, 5.41) is 9.35. The molecular formula is C25H36N4O3. The third-order valence-electron chi connectivity index (χ3n) is 6.37. The average molecular weight is 441 g/mol. The number of rotatable bonds is 3. The molecule has 7 heteroatoms. The highest BCUT2D eigenvalue weighted by molar-refractivity contribution is 6.00. The predicted octanol–water partition coefficient (Wildman–Crippen LogP) is 3.90. The number of anilines is 1. The van der Waals surface area contributed by atoms with Crippen molar-refractivity contribution in [3.05, 3.63) is 29.3 Å². The number of carbonyl (C=O) groups is 2. The maximum absolute atomic E-state index is 13.7. The highest BCUT2D eigenvalue weighted by Crippen LogP contribution is 2.41. The molecule has 2 heterocycles. The van der Waals surface area contributed by atoms with E-state index in [1.165, 1.54) is 0 Å². The second kappa shape index (κ2) is 8.74. The van der Waals surface area contributed by atoms with Crippen molar-refractivity contribution in [3.63, 3.8) is 0 Å². The standard InChI is InChI=1S/C25H36N4O3/c1-8-20(27-11-12-28(17(2)15-27)23(31)32-24(3,4)5)22(30)29-16-25(6,7)19-10-9-18(14-26)13-21(19)29/h9-10,13,17,20H,8,11-12,15-16H2,1-7H3/t17-,20+/m0/s1. The average Bonchev–Trinajstić information content (AvgIpc) is 2.97. The number of fused-ring (bicyclic) bond motifs is 1. The third kappa shape index (κ3) is 4.75. The maximum Gasteiger partial charge on any atom is 0.410 e. The van der Waals surface area contributed by atoms with Crippen molar-refractivity contribution >= 4 is 17.7 Å². The Balaban J connectivity index is 1.77. The zero-order valence-electron chi connectivity index (χ0n) is 20.4. The van der Waals surface area contributed by atoms with Crippen LogP contribution in [0.5, 0.6) is 0 Å². The minimum absolute atomic E-state index is 0.0482. The zero-order valence-corrected chi connectivity index (χ0v) is 20.4. The second-order valence-electron chi connectivity index (χ2n) is 10.6. The van der Waals surface area contributed by atoms with Gasteiger partial charge in [-0.25, -0.2) is 4.79 Å². The van der Waals surface area contributed by atoms with Crippen molar-refractivity contribution in [1.82, 2.24) is 9.80 Å². The fraction of sp³-hybridized carbons (Fsp3) is 0.640. The predicted molar refractivity (Wildman–Crippen MR) is 125 cm³/mol. The molecule has 2 atom stereocenters. The summed E-state index contributed by atoms with van der Waals surface area (Å²) in [6.07, 6.45) is 0.380. The number of hydrogen-bond donors (Lipinski definition) is 0. The van der Waals surface area contributed by atoms with Crippen LogP contribution in [0.3, 0.4) is 0 Å². The van der Waals surface area contributed by atoms with Crippen LogP contribution < -0.4 is 4.90 Å². The first-order valence-electron chi connectivity index (χ1n) is 11.5. The molecule has 0 aliphatic carbocycles. The SMILES string of the molecule is CC[C@H](C(=O)N1CC(C)(C)c2ccc(C#N)cc21)N1CCN(C(=O)OC(C)(C)C)[C@@H](C)C1. The molecule has 3 rings (SSSR count). The number of hydrogen-bond acceptors (Lipinski definition) is 5.